The number of hydrogen-bond donors (Lipinski definition) is 2. The van der Waals surface area contributed by atoms with Crippen molar-refractivity contribution in [3.63, 3.8) is 0 Å². The van der Waals surface area contributed by atoms with Crippen LogP contribution in [-0.2, 0) is 9.53 Å². The van der Waals surface area contributed by atoms with E-state index in [0.29, 0.717) is 12.4 Å². The second kappa shape index (κ2) is 6.53. The van der Waals surface area contributed by atoms with E-state index in [-0.39, 0.29) is 12.0 Å². The van der Waals surface area contributed by atoms with Crippen molar-refractivity contribution in [1.29, 1.82) is 0 Å². The molecule has 1 aliphatic heterocycles. The quantitative estimate of drug-likeness (QED) is 0.907. The third-order valence-electron chi connectivity index (χ3n) is 3.44. The minimum atomic E-state index is -0.319. The molecule has 1 aromatic carbocycles. The Morgan fingerprint density at radius 1 is 1.14 bits per heavy atom. The largest absolute Gasteiger partial charge is 0.368 e. The number of benzene rings is 1. The van der Waals surface area contributed by atoms with Crippen LogP contribution in [0.3, 0.4) is 0 Å². The molecule has 2 aromatic rings. The summed E-state index contributed by atoms with van der Waals surface area (Å²) < 4.78 is 5.36. The van der Waals surface area contributed by atoms with Gasteiger partial charge in [0, 0.05) is 18.0 Å². The van der Waals surface area contributed by atoms with Gasteiger partial charge in [-0.05, 0) is 56.2 Å². The molecule has 6 nitrogen and oxygen atoms in total. The van der Waals surface area contributed by atoms with Gasteiger partial charge in [0.15, 0.2) is 5.82 Å². The number of rotatable bonds is 4. The van der Waals surface area contributed by atoms with Crippen LogP contribution in [0.2, 0.25) is 0 Å². The summed E-state index contributed by atoms with van der Waals surface area (Å²) in [6.45, 7) is 2.56. The van der Waals surface area contributed by atoms with Crippen LogP contribution in [0.5, 0.6) is 0 Å². The number of aryl methyl sites for hydroxylation is 1. The zero-order chi connectivity index (χ0) is 15.4. The van der Waals surface area contributed by atoms with Crippen molar-refractivity contribution in [3.8, 4) is 0 Å². The smallest absolute Gasteiger partial charge is 0.253 e. The van der Waals surface area contributed by atoms with E-state index in [1.54, 1.807) is 0 Å². The van der Waals surface area contributed by atoms with Gasteiger partial charge >= 0.3 is 0 Å². The molecule has 1 fully saturated rings. The van der Waals surface area contributed by atoms with Gasteiger partial charge in [0.25, 0.3) is 5.91 Å². The lowest BCUT2D eigenvalue weighted by molar-refractivity contribution is -0.124. The highest BCUT2D eigenvalue weighted by atomic mass is 16.5. The first-order valence-corrected chi connectivity index (χ1v) is 7.30. The standard InChI is InChI=1S/C16H18N4O2/c1-11-4-9-15(20-19-11)17-12-5-7-13(8-6-12)18-16(21)14-3-2-10-22-14/h4-9,14H,2-3,10H2,1H3,(H,17,20)(H,18,21)/t14-/m0/s1. The highest BCUT2D eigenvalue weighted by molar-refractivity contribution is 5.94. The number of hydrogen-bond acceptors (Lipinski definition) is 5. The molecule has 0 radical (unpaired) electrons. The molecule has 0 unspecified atom stereocenters. The fraction of sp³-hybridized carbons (Fsp3) is 0.312. The third-order valence-corrected chi connectivity index (χ3v) is 3.44. The van der Waals surface area contributed by atoms with Crippen molar-refractivity contribution < 1.29 is 9.53 Å². The van der Waals surface area contributed by atoms with Gasteiger partial charge in [-0.3, -0.25) is 4.79 Å². The highest BCUT2D eigenvalue weighted by Gasteiger charge is 2.23. The molecule has 2 N–H and O–H groups in total. The van der Waals surface area contributed by atoms with Crippen LogP contribution in [0.25, 0.3) is 0 Å². The van der Waals surface area contributed by atoms with E-state index in [1.165, 1.54) is 0 Å². The first-order chi connectivity index (χ1) is 10.7. The number of amides is 1. The Bertz CT molecular complexity index is 634. The van der Waals surface area contributed by atoms with Gasteiger partial charge in [0.2, 0.25) is 0 Å². The van der Waals surface area contributed by atoms with Crippen molar-refractivity contribution in [1.82, 2.24) is 10.2 Å². The van der Waals surface area contributed by atoms with Crippen molar-refractivity contribution in [2.45, 2.75) is 25.9 Å². The fourth-order valence-electron chi connectivity index (χ4n) is 2.26. The molecule has 1 aliphatic rings. The summed E-state index contributed by atoms with van der Waals surface area (Å²) in [5, 5.41) is 14.1. The maximum atomic E-state index is 12.0. The Morgan fingerprint density at radius 2 is 1.91 bits per heavy atom. The number of carbonyl (C=O) groups excluding carboxylic acids is 1. The molecule has 0 saturated carbocycles. The fourth-order valence-corrected chi connectivity index (χ4v) is 2.26. The SMILES string of the molecule is Cc1ccc(Nc2ccc(NC(=O)[C@@H]3CCCO3)cc2)nn1. The number of carbonyl (C=O) groups is 1. The van der Waals surface area contributed by atoms with Crippen LogP contribution in [0.1, 0.15) is 18.5 Å². The average Bonchev–Trinajstić information content (AvgIpc) is 3.06. The van der Waals surface area contributed by atoms with Crippen molar-refractivity contribution in [3.05, 3.63) is 42.1 Å². The number of aromatic nitrogens is 2. The van der Waals surface area contributed by atoms with Crippen molar-refractivity contribution >= 4 is 23.1 Å². The zero-order valence-corrected chi connectivity index (χ0v) is 12.4. The molecule has 1 aromatic heterocycles. The molecular formula is C16H18N4O2. The van der Waals surface area contributed by atoms with E-state index in [2.05, 4.69) is 20.8 Å². The first kappa shape index (κ1) is 14.5. The Hall–Kier alpha value is -2.47. The van der Waals surface area contributed by atoms with Gasteiger partial charge < -0.3 is 15.4 Å². The van der Waals surface area contributed by atoms with Crippen LogP contribution in [0.15, 0.2) is 36.4 Å². The molecule has 1 amide bonds. The van der Waals surface area contributed by atoms with E-state index < -0.39 is 0 Å². The topological polar surface area (TPSA) is 76.1 Å². The molecule has 114 valence electrons. The van der Waals surface area contributed by atoms with Crippen molar-refractivity contribution in [2.24, 2.45) is 0 Å². The van der Waals surface area contributed by atoms with E-state index in [9.17, 15) is 4.79 Å². The monoisotopic (exact) mass is 298 g/mol. The molecule has 22 heavy (non-hydrogen) atoms. The number of nitrogens with one attached hydrogen (secondary N) is 2. The Kier molecular flexibility index (Phi) is 4.29. The second-order valence-corrected chi connectivity index (χ2v) is 5.25. The van der Waals surface area contributed by atoms with Crippen LogP contribution in [0, 0.1) is 6.92 Å². The lowest BCUT2D eigenvalue weighted by atomic mass is 10.2. The van der Waals surface area contributed by atoms with Crippen LogP contribution >= 0.6 is 0 Å². The van der Waals surface area contributed by atoms with Gasteiger partial charge in [-0.25, -0.2) is 0 Å². The molecule has 6 heteroatoms. The number of anilines is 3. The summed E-state index contributed by atoms with van der Waals surface area (Å²) in [6, 6.07) is 11.2. The van der Waals surface area contributed by atoms with Gasteiger partial charge in [-0.15, -0.1) is 5.10 Å². The molecular weight excluding hydrogens is 280 g/mol. The lowest BCUT2D eigenvalue weighted by Crippen LogP contribution is -2.26. The Balaban J connectivity index is 1.60. The third kappa shape index (κ3) is 3.59. The van der Waals surface area contributed by atoms with Gasteiger partial charge in [0.05, 0.1) is 5.69 Å². The summed E-state index contributed by atoms with van der Waals surface area (Å²) in [5.74, 6) is 0.601. The summed E-state index contributed by atoms with van der Waals surface area (Å²) >= 11 is 0. The molecule has 0 aliphatic carbocycles. The maximum absolute atomic E-state index is 12.0. The van der Waals surface area contributed by atoms with Crippen LogP contribution in [0.4, 0.5) is 17.2 Å². The molecule has 1 atom stereocenters. The minimum absolute atomic E-state index is 0.0809. The Morgan fingerprint density at radius 3 is 2.55 bits per heavy atom. The summed E-state index contributed by atoms with van der Waals surface area (Å²) in [5.41, 5.74) is 2.51. The van der Waals surface area contributed by atoms with E-state index in [4.69, 9.17) is 4.74 Å². The zero-order valence-electron chi connectivity index (χ0n) is 12.4. The molecule has 1 saturated heterocycles. The van der Waals surface area contributed by atoms with Crippen molar-refractivity contribution in [2.75, 3.05) is 17.2 Å². The summed E-state index contributed by atoms with van der Waals surface area (Å²) in [6.07, 6.45) is 1.41. The number of nitrogens with zero attached hydrogens (tertiary/aromatic N) is 2. The molecule has 0 bridgehead atoms. The summed E-state index contributed by atoms with van der Waals surface area (Å²) in [4.78, 5) is 12.0. The molecule has 3 rings (SSSR count). The normalized spacial score (nSPS) is 17.2. The van der Waals surface area contributed by atoms with Gasteiger partial charge in [-0.1, -0.05) is 0 Å². The van der Waals surface area contributed by atoms with E-state index in [1.807, 2.05) is 43.3 Å². The minimum Gasteiger partial charge on any atom is -0.368 e. The van der Waals surface area contributed by atoms with E-state index >= 15 is 0 Å². The van der Waals surface area contributed by atoms with Gasteiger partial charge in [0.1, 0.15) is 6.10 Å². The van der Waals surface area contributed by atoms with Crippen LogP contribution in [-0.4, -0.2) is 28.8 Å². The Labute approximate surface area is 128 Å². The van der Waals surface area contributed by atoms with Gasteiger partial charge in [-0.2, -0.15) is 5.10 Å². The highest BCUT2D eigenvalue weighted by Crippen LogP contribution is 2.19. The maximum Gasteiger partial charge on any atom is 0.253 e. The molecule has 0 spiro atoms. The van der Waals surface area contributed by atoms with Crippen LogP contribution < -0.4 is 10.6 Å². The molecule has 2 heterocycles. The predicted octanol–water partition coefficient (Wildman–Crippen LogP) is 2.65. The predicted molar refractivity (Wildman–Crippen MR) is 84.1 cm³/mol. The summed E-state index contributed by atoms with van der Waals surface area (Å²) in [7, 11) is 0. The first-order valence-electron chi connectivity index (χ1n) is 7.30. The number of ether oxygens (including phenoxy) is 1. The van der Waals surface area contributed by atoms with E-state index in [0.717, 1.165) is 29.9 Å². The second-order valence-electron chi connectivity index (χ2n) is 5.25. The average molecular weight is 298 g/mol. The lowest BCUT2D eigenvalue weighted by Gasteiger charge is -2.11.